The van der Waals surface area contributed by atoms with E-state index in [-0.39, 0.29) is 12.4 Å². The van der Waals surface area contributed by atoms with Crippen LogP contribution in [0.3, 0.4) is 0 Å². The van der Waals surface area contributed by atoms with Gasteiger partial charge in [0.05, 0.1) is 12.7 Å². The molecule has 2 aliphatic carbocycles. The number of hydrogen-bond acceptors (Lipinski definition) is 3. The normalized spacial score (nSPS) is 39.5. The summed E-state index contributed by atoms with van der Waals surface area (Å²) < 4.78 is 12.6. The SMILES string of the molecule is C[C@@H]1CC2=C(C[C@@H]1[C@@H]1OC[C@@H](CN3CCCCC3)O1)C(C)(C)CCC2. The monoisotopic (exact) mass is 347 g/mol. The second-order valence-electron chi connectivity index (χ2n) is 9.69. The van der Waals surface area contributed by atoms with Crippen LogP contribution >= 0.6 is 0 Å². The van der Waals surface area contributed by atoms with E-state index in [1.165, 1.54) is 64.5 Å². The van der Waals surface area contributed by atoms with Gasteiger partial charge in [-0.25, -0.2) is 0 Å². The van der Waals surface area contributed by atoms with Crippen molar-refractivity contribution in [3.63, 3.8) is 0 Å². The van der Waals surface area contributed by atoms with Crippen molar-refractivity contribution in [3.8, 4) is 0 Å². The van der Waals surface area contributed by atoms with Crippen LogP contribution in [0.2, 0.25) is 0 Å². The Hall–Kier alpha value is -0.380. The van der Waals surface area contributed by atoms with Crippen LogP contribution < -0.4 is 0 Å². The number of piperidine rings is 1. The Kier molecular flexibility index (Phi) is 5.28. The molecule has 0 amide bonds. The molecular weight excluding hydrogens is 310 g/mol. The first-order valence-corrected chi connectivity index (χ1v) is 10.7. The summed E-state index contributed by atoms with van der Waals surface area (Å²) in [5.74, 6) is 1.23. The number of allylic oxidation sites excluding steroid dienone is 2. The molecule has 0 aromatic carbocycles. The molecule has 25 heavy (non-hydrogen) atoms. The molecule has 2 heterocycles. The van der Waals surface area contributed by atoms with Crippen molar-refractivity contribution in [2.75, 3.05) is 26.2 Å². The minimum Gasteiger partial charge on any atom is -0.350 e. The number of hydrogen-bond donors (Lipinski definition) is 0. The predicted octanol–water partition coefficient (Wildman–Crippen LogP) is 4.77. The van der Waals surface area contributed by atoms with Gasteiger partial charge in [0, 0.05) is 12.5 Å². The smallest absolute Gasteiger partial charge is 0.161 e. The van der Waals surface area contributed by atoms with Gasteiger partial charge in [-0.1, -0.05) is 38.3 Å². The van der Waals surface area contributed by atoms with Crippen molar-refractivity contribution in [2.45, 2.75) is 84.5 Å². The molecule has 0 spiro atoms. The van der Waals surface area contributed by atoms with Crippen LogP contribution in [0.4, 0.5) is 0 Å². The minimum atomic E-state index is 0.0246. The molecule has 0 unspecified atom stereocenters. The van der Waals surface area contributed by atoms with Crippen LogP contribution in [0.25, 0.3) is 0 Å². The molecule has 0 aromatic heterocycles. The fourth-order valence-electron chi connectivity index (χ4n) is 5.73. The number of nitrogens with zero attached hydrogens (tertiary/aromatic N) is 1. The van der Waals surface area contributed by atoms with Crippen molar-refractivity contribution < 1.29 is 9.47 Å². The van der Waals surface area contributed by atoms with Gasteiger partial charge in [-0.2, -0.15) is 0 Å². The lowest BCUT2D eigenvalue weighted by molar-refractivity contribution is -0.115. The van der Waals surface area contributed by atoms with E-state index in [0.717, 1.165) is 13.2 Å². The molecule has 2 aliphatic heterocycles. The van der Waals surface area contributed by atoms with E-state index >= 15 is 0 Å². The molecule has 4 atom stereocenters. The Morgan fingerprint density at radius 1 is 1.08 bits per heavy atom. The average Bonchev–Trinajstić information content (AvgIpc) is 3.03. The van der Waals surface area contributed by atoms with Crippen LogP contribution in [0.5, 0.6) is 0 Å². The summed E-state index contributed by atoms with van der Waals surface area (Å²) in [5.41, 5.74) is 3.90. The molecule has 3 nitrogen and oxygen atoms in total. The fraction of sp³-hybridized carbons (Fsp3) is 0.909. The molecule has 0 radical (unpaired) electrons. The van der Waals surface area contributed by atoms with Gasteiger partial charge in [-0.15, -0.1) is 0 Å². The van der Waals surface area contributed by atoms with Gasteiger partial charge in [0.1, 0.15) is 0 Å². The molecule has 2 fully saturated rings. The second kappa shape index (κ2) is 7.32. The van der Waals surface area contributed by atoms with Crippen LogP contribution in [-0.4, -0.2) is 43.5 Å². The highest BCUT2D eigenvalue weighted by Gasteiger charge is 2.42. The van der Waals surface area contributed by atoms with E-state index in [0.29, 0.717) is 17.3 Å². The Bertz CT molecular complexity index is 506. The van der Waals surface area contributed by atoms with E-state index in [9.17, 15) is 0 Å². The highest BCUT2D eigenvalue weighted by atomic mass is 16.7. The van der Waals surface area contributed by atoms with E-state index in [1.54, 1.807) is 11.1 Å². The van der Waals surface area contributed by atoms with Gasteiger partial charge in [0.15, 0.2) is 6.29 Å². The third-order valence-electron chi connectivity index (χ3n) is 7.30. The quantitative estimate of drug-likeness (QED) is 0.687. The first-order chi connectivity index (χ1) is 12.0. The topological polar surface area (TPSA) is 21.7 Å². The van der Waals surface area contributed by atoms with E-state index < -0.39 is 0 Å². The molecule has 0 N–H and O–H groups in total. The molecule has 3 heteroatoms. The van der Waals surface area contributed by atoms with Crippen LogP contribution in [0.15, 0.2) is 11.1 Å². The third-order valence-corrected chi connectivity index (χ3v) is 7.30. The first-order valence-electron chi connectivity index (χ1n) is 10.7. The van der Waals surface area contributed by atoms with Crippen molar-refractivity contribution in [3.05, 3.63) is 11.1 Å². The summed E-state index contributed by atoms with van der Waals surface area (Å²) in [6.45, 7) is 11.7. The lowest BCUT2D eigenvalue weighted by Crippen LogP contribution is -2.39. The van der Waals surface area contributed by atoms with Gasteiger partial charge < -0.3 is 14.4 Å². The standard InChI is InChI=1S/C22H37NO2/c1-16-12-17-8-7-9-22(2,3)20(17)13-19(16)21-24-15-18(25-21)14-23-10-5-4-6-11-23/h16,18-19,21H,4-15H2,1-3H3/t16-,18-,19+,21-/m1/s1. The van der Waals surface area contributed by atoms with Crippen molar-refractivity contribution in [2.24, 2.45) is 17.3 Å². The summed E-state index contributed by atoms with van der Waals surface area (Å²) in [6.07, 6.45) is 10.9. The van der Waals surface area contributed by atoms with E-state index in [2.05, 4.69) is 25.7 Å². The zero-order chi connectivity index (χ0) is 17.4. The Labute approximate surface area is 154 Å². The Morgan fingerprint density at radius 3 is 2.68 bits per heavy atom. The van der Waals surface area contributed by atoms with Crippen LogP contribution in [0, 0.1) is 17.3 Å². The molecule has 0 bridgehead atoms. The molecule has 0 saturated carbocycles. The van der Waals surface area contributed by atoms with Crippen LogP contribution in [0.1, 0.15) is 72.1 Å². The molecule has 4 aliphatic rings. The zero-order valence-corrected chi connectivity index (χ0v) is 16.6. The number of likely N-dealkylation sites (tertiary alicyclic amines) is 1. The molecule has 4 rings (SSSR count). The number of ether oxygens (including phenoxy) is 2. The van der Waals surface area contributed by atoms with Gasteiger partial charge >= 0.3 is 0 Å². The molecule has 142 valence electrons. The maximum Gasteiger partial charge on any atom is 0.161 e. The predicted molar refractivity (Wildman–Crippen MR) is 101 cm³/mol. The van der Waals surface area contributed by atoms with Crippen molar-refractivity contribution in [1.82, 2.24) is 4.90 Å². The van der Waals surface area contributed by atoms with Gasteiger partial charge in [0.25, 0.3) is 0 Å². The van der Waals surface area contributed by atoms with Gasteiger partial charge in [-0.3, -0.25) is 0 Å². The highest BCUT2D eigenvalue weighted by molar-refractivity contribution is 5.27. The fourth-order valence-corrected chi connectivity index (χ4v) is 5.73. The zero-order valence-electron chi connectivity index (χ0n) is 16.6. The van der Waals surface area contributed by atoms with Crippen LogP contribution in [-0.2, 0) is 9.47 Å². The van der Waals surface area contributed by atoms with Crippen molar-refractivity contribution >= 4 is 0 Å². The minimum absolute atomic E-state index is 0.0246. The second-order valence-corrected chi connectivity index (χ2v) is 9.69. The summed E-state index contributed by atoms with van der Waals surface area (Å²) in [4.78, 5) is 2.58. The summed E-state index contributed by atoms with van der Waals surface area (Å²) >= 11 is 0. The molecule has 0 aromatic rings. The number of rotatable bonds is 3. The molecule has 2 saturated heterocycles. The summed E-state index contributed by atoms with van der Waals surface area (Å²) in [6, 6.07) is 0. The average molecular weight is 348 g/mol. The maximum absolute atomic E-state index is 6.44. The van der Waals surface area contributed by atoms with Gasteiger partial charge in [-0.05, 0) is 69.4 Å². The highest BCUT2D eigenvalue weighted by Crippen LogP contribution is 2.50. The first kappa shape index (κ1) is 18.0. The van der Waals surface area contributed by atoms with Gasteiger partial charge in [0.2, 0.25) is 0 Å². The van der Waals surface area contributed by atoms with E-state index in [1.807, 2.05) is 0 Å². The molecular formula is C22H37NO2. The Balaban J connectivity index is 1.38. The third kappa shape index (κ3) is 3.84. The van der Waals surface area contributed by atoms with Crippen molar-refractivity contribution in [1.29, 1.82) is 0 Å². The lowest BCUT2D eigenvalue weighted by Gasteiger charge is -2.44. The summed E-state index contributed by atoms with van der Waals surface area (Å²) in [5, 5.41) is 0. The summed E-state index contributed by atoms with van der Waals surface area (Å²) in [7, 11) is 0. The maximum atomic E-state index is 6.44. The lowest BCUT2D eigenvalue weighted by atomic mass is 9.63. The largest absolute Gasteiger partial charge is 0.350 e. The Morgan fingerprint density at radius 2 is 1.88 bits per heavy atom. The van der Waals surface area contributed by atoms with E-state index in [4.69, 9.17) is 9.47 Å².